The van der Waals surface area contributed by atoms with Crippen LogP contribution in [0.1, 0.15) is 11.1 Å². The third-order valence-electron chi connectivity index (χ3n) is 3.09. The molecule has 0 aliphatic heterocycles. The lowest BCUT2D eigenvalue weighted by Crippen LogP contribution is -2.21. The molecule has 2 aromatic rings. The second-order valence-electron chi connectivity index (χ2n) is 5.04. The molecule has 2 rings (SSSR count). The van der Waals surface area contributed by atoms with Crippen LogP contribution < -0.4 is 4.74 Å². The fraction of sp³-hybridized carbons (Fsp3) is 0.235. The van der Waals surface area contributed by atoms with Crippen molar-refractivity contribution in [3.63, 3.8) is 0 Å². The first kappa shape index (κ1) is 17.8. The number of hydrogen-bond acceptors (Lipinski definition) is 4. The van der Waals surface area contributed by atoms with Crippen LogP contribution in [-0.2, 0) is 6.18 Å². The maximum absolute atomic E-state index is 12.6. The van der Waals surface area contributed by atoms with Crippen molar-refractivity contribution in [2.45, 2.75) is 12.3 Å². The highest BCUT2D eigenvalue weighted by atomic mass is 19.4. The molecule has 0 aromatic heterocycles. The molecular weight excluding hydrogens is 323 g/mol. The minimum atomic E-state index is -4.44. The van der Waals surface area contributed by atoms with Gasteiger partial charge in [-0.05, 0) is 30.3 Å². The lowest BCUT2D eigenvalue weighted by Gasteiger charge is -2.12. The molecule has 2 N–H and O–H groups in total. The monoisotopic (exact) mass is 339 g/mol. The first-order valence-electron chi connectivity index (χ1n) is 7.12. The highest BCUT2D eigenvalue weighted by Gasteiger charge is 2.30. The van der Waals surface area contributed by atoms with Crippen molar-refractivity contribution < 1.29 is 28.1 Å². The molecule has 0 radical (unpaired) electrons. The van der Waals surface area contributed by atoms with E-state index in [-0.39, 0.29) is 24.7 Å². The number of aliphatic hydroxyl groups excluding tert-OH is 1. The van der Waals surface area contributed by atoms with Crippen LogP contribution in [0.4, 0.5) is 13.2 Å². The number of phenols is 1. The van der Waals surface area contributed by atoms with Gasteiger partial charge >= 0.3 is 6.18 Å². The molecular formula is C17H16F3NO3. The number of aliphatic hydroxyl groups is 1. The average Bonchev–Trinajstić information content (AvgIpc) is 2.54. The van der Waals surface area contributed by atoms with Crippen molar-refractivity contribution in [2.75, 3.05) is 13.2 Å². The van der Waals surface area contributed by atoms with Crippen LogP contribution in [0.15, 0.2) is 53.5 Å². The number of halogens is 3. The summed E-state index contributed by atoms with van der Waals surface area (Å²) in [5.41, 5.74) is -0.310. The van der Waals surface area contributed by atoms with Crippen LogP contribution in [0.2, 0.25) is 0 Å². The fourth-order valence-electron chi connectivity index (χ4n) is 1.88. The zero-order valence-corrected chi connectivity index (χ0v) is 12.6. The first-order valence-corrected chi connectivity index (χ1v) is 7.12. The SMILES string of the molecule is Oc1ccccc1C=NCC(O)COc1cccc(C(F)(F)F)c1. The van der Waals surface area contributed by atoms with Crippen LogP contribution in [0.5, 0.6) is 11.5 Å². The van der Waals surface area contributed by atoms with E-state index in [2.05, 4.69) is 4.99 Å². The van der Waals surface area contributed by atoms with E-state index < -0.39 is 17.8 Å². The van der Waals surface area contributed by atoms with Crippen molar-refractivity contribution >= 4 is 6.21 Å². The van der Waals surface area contributed by atoms with Gasteiger partial charge in [0.05, 0.1) is 12.1 Å². The van der Waals surface area contributed by atoms with Crippen LogP contribution in [0, 0.1) is 0 Å². The molecule has 0 heterocycles. The summed E-state index contributed by atoms with van der Waals surface area (Å²) in [5.74, 6) is 0.0875. The Morgan fingerprint density at radius 3 is 2.58 bits per heavy atom. The molecule has 1 unspecified atom stereocenters. The highest BCUT2D eigenvalue weighted by molar-refractivity contribution is 5.83. The number of benzene rings is 2. The number of nitrogens with zero attached hydrogens (tertiary/aromatic N) is 1. The van der Waals surface area contributed by atoms with Crippen molar-refractivity contribution in [2.24, 2.45) is 4.99 Å². The van der Waals surface area contributed by atoms with E-state index >= 15 is 0 Å². The van der Waals surface area contributed by atoms with Crippen molar-refractivity contribution in [1.29, 1.82) is 0 Å². The molecule has 7 heteroatoms. The minimum absolute atomic E-state index is 0.00665. The summed E-state index contributed by atoms with van der Waals surface area (Å²) in [4.78, 5) is 3.98. The number of aliphatic imine (C=N–C) groups is 1. The lowest BCUT2D eigenvalue weighted by atomic mass is 10.2. The Hall–Kier alpha value is -2.54. The quantitative estimate of drug-likeness (QED) is 0.794. The first-order chi connectivity index (χ1) is 11.4. The van der Waals surface area contributed by atoms with Gasteiger partial charge in [-0.3, -0.25) is 4.99 Å². The predicted octanol–water partition coefficient (Wildman–Crippen LogP) is 3.27. The second-order valence-corrected chi connectivity index (χ2v) is 5.04. The summed E-state index contributed by atoms with van der Waals surface area (Å²) in [6.45, 7) is -0.202. The average molecular weight is 339 g/mol. The summed E-state index contributed by atoms with van der Waals surface area (Å²) < 4.78 is 42.9. The Morgan fingerprint density at radius 1 is 1.12 bits per heavy atom. The third kappa shape index (κ3) is 5.27. The second kappa shape index (κ2) is 7.83. The van der Waals surface area contributed by atoms with Gasteiger partial charge in [-0.15, -0.1) is 0 Å². The number of aromatic hydroxyl groups is 1. The largest absolute Gasteiger partial charge is 0.507 e. The number of alkyl halides is 3. The molecule has 0 spiro atoms. The standard InChI is InChI=1S/C17H16F3NO3/c18-17(19,20)13-5-3-6-15(8-13)24-11-14(22)10-21-9-12-4-1-2-7-16(12)23/h1-9,14,22-23H,10-11H2. The minimum Gasteiger partial charge on any atom is -0.507 e. The van der Waals surface area contributed by atoms with Crippen molar-refractivity contribution in [3.8, 4) is 11.5 Å². The smallest absolute Gasteiger partial charge is 0.416 e. The molecule has 0 saturated heterocycles. The number of phenolic OH excluding ortho intramolecular Hbond substituents is 1. The van der Waals surface area contributed by atoms with E-state index in [0.717, 1.165) is 12.1 Å². The fourth-order valence-corrected chi connectivity index (χ4v) is 1.88. The summed E-state index contributed by atoms with van der Waals surface area (Å²) in [6, 6.07) is 11.0. The third-order valence-corrected chi connectivity index (χ3v) is 3.09. The molecule has 0 amide bonds. The van der Waals surface area contributed by atoms with E-state index in [1.165, 1.54) is 24.4 Å². The van der Waals surface area contributed by atoms with Gasteiger partial charge in [0.1, 0.15) is 24.2 Å². The Labute approximate surface area is 136 Å². The van der Waals surface area contributed by atoms with Crippen LogP contribution in [-0.4, -0.2) is 35.7 Å². The Kier molecular flexibility index (Phi) is 5.81. The molecule has 0 bridgehead atoms. The van der Waals surface area contributed by atoms with E-state index in [1.807, 2.05) is 0 Å². The number of para-hydroxylation sites is 1. The molecule has 0 fully saturated rings. The van der Waals surface area contributed by atoms with E-state index in [0.29, 0.717) is 5.56 Å². The lowest BCUT2D eigenvalue weighted by molar-refractivity contribution is -0.137. The topological polar surface area (TPSA) is 62.1 Å². The van der Waals surface area contributed by atoms with Gasteiger partial charge in [-0.1, -0.05) is 18.2 Å². The molecule has 24 heavy (non-hydrogen) atoms. The van der Waals surface area contributed by atoms with E-state index in [4.69, 9.17) is 4.74 Å². The van der Waals surface area contributed by atoms with Crippen molar-refractivity contribution in [1.82, 2.24) is 0 Å². The summed E-state index contributed by atoms with van der Waals surface area (Å²) in [5, 5.41) is 19.3. The van der Waals surface area contributed by atoms with Crippen LogP contribution >= 0.6 is 0 Å². The van der Waals surface area contributed by atoms with Gasteiger partial charge < -0.3 is 14.9 Å². The molecule has 2 aromatic carbocycles. The highest BCUT2D eigenvalue weighted by Crippen LogP contribution is 2.31. The van der Waals surface area contributed by atoms with E-state index in [9.17, 15) is 23.4 Å². The maximum Gasteiger partial charge on any atom is 0.416 e. The van der Waals surface area contributed by atoms with Gasteiger partial charge in [-0.2, -0.15) is 13.2 Å². The molecule has 0 aliphatic carbocycles. The van der Waals surface area contributed by atoms with Gasteiger partial charge in [0, 0.05) is 11.8 Å². The van der Waals surface area contributed by atoms with Gasteiger partial charge in [-0.25, -0.2) is 0 Å². The van der Waals surface area contributed by atoms with Gasteiger partial charge in [0.25, 0.3) is 0 Å². The molecule has 4 nitrogen and oxygen atoms in total. The summed E-state index contributed by atoms with van der Waals surface area (Å²) in [7, 11) is 0. The Balaban J connectivity index is 1.85. The summed E-state index contributed by atoms with van der Waals surface area (Å²) >= 11 is 0. The molecule has 128 valence electrons. The predicted molar refractivity (Wildman–Crippen MR) is 83.5 cm³/mol. The van der Waals surface area contributed by atoms with Gasteiger partial charge in [0.2, 0.25) is 0 Å². The number of rotatable bonds is 6. The molecule has 0 saturated carbocycles. The van der Waals surface area contributed by atoms with Gasteiger partial charge in [0.15, 0.2) is 0 Å². The normalized spacial score (nSPS) is 13.2. The maximum atomic E-state index is 12.6. The zero-order valence-electron chi connectivity index (χ0n) is 12.6. The molecule has 1 atom stereocenters. The van der Waals surface area contributed by atoms with Crippen LogP contribution in [0.3, 0.4) is 0 Å². The summed E-state index contributed by atoms with van der Waals surface area (Å²) in [6.07, 6.45) is -4.02. The number of ether oxygens (including phenoxy) is 1. The van der Waals surface area contributed by atoms with Crippen molar-refractivity contribution in [3.05, 3.63) is 59.7 Å². The van der Waals surface area contributed by atoms with Crippen LogP contribution in [0.25, 0.3) is 0 Å². The Morgan fingerprint density at radius 2 is 1.88 bits per heavy atom. The molecule has 0 aliphatic rings. The number of hydrogen-bond donors (Lipinski definition) is 2. The zero-order chi connectivity index (χ0) is 17.6. The Bertz CT molecular complexity index is 701. The van der Waals surface area contributed by atoms with E-state index in [1.54, 1.807) is 18.2 Å².